The number of rotatable bonds is 5. The molecule has 98 valence electrons. The van der Waals surface area contributed by atoms with E-state index in [1.807, 2.05) is 18.7 Å². The third kappa shape index (κ3) is 2.62. The number of amides is 1. The highest BCUT2D eigenvalue weighted by Gasteiger charge is 2.52. The van der Waals surface area contributed by atoms with E-state index in [4.69, 9.17) is 18.0 Å². The minimum absolute atomic E-state index is 0.139. The van der Waals surface area contributed by atoms with Gasteiger partial charge in [0.15, 0.2) is 0 Å². The van der Waals surface area contributed by atoms with Gasteiger partial charge in [0.05, 0.1) is 10.4 Å². The molecule has 0 aromatic rings. The average molecular weight is 256 g/mol. The van der Waals surface area contributed by atoms with Crippen molar-refractivity contribution in [1.82, 2.24) is 4.90 Å². The maximum absolute atomic E-state index is 12.6. The van der Waals surface area contributed by atoms with Crippen LogP contribution in [0.15, 0.2) is 0 Å². The van der Waals surface area contributed by atoms with E-state index in [2.05, 4.69) is 13.8 Å². The molecule has 0 radical (unpaired) electrons. The maximum Gasteiger partial charge on any atom is 0.235 e. The first kappa shape index (κ1) is 14.4. The summed E-state index contributed by atoms with van der Waals surface area (Å²) in [7, 11) is 0. The highest BCUT2D eigenvalue weighted by Crippen LogP contribution is 2.47. The van der Waals surface area contributed by atoms with Crippen molar-refractivity contribution in [1.29, 1.82) is 0 Å². The lowest BCUT2D eigenvalue weighted by molar-refractivity contribution is -0.146. The van der Waals surface area contributed by atoms with Gasteiger partial charge in [0.25, 0.3) is 0 Å². The Morgan fingerprint density at radius 2 is 2.06 bits per heavy atom. The van der Waals surface area contributed by atoms with E-state index < -0.39 is 5.41 Å². The number of carbonyl (C=O) groups excluding carboxylic acids is 1. The first-order valence-corrected chi connectivity index (χ1v) is 6.87. The van der Waals surface area contributed by atoms with Crippen LogP contribution in [0.2, 0.25) is 0 Å². The second-order valence-corrected chi connectivity index (χ2v) is 5.99. The van der Waals surface area contributed by atoms with Gasteiger partial charge >= 0.3 is 0 Å². The van der Waals surface area contributed by atoms with Crippen LogP contribution in [0.25, 0.3) is 0 Å². The SMILES string of the molecule is CCCN(C(=O)C1(C(N)=S)CC(C)C1)C(C)C. The Labute approximate surface area is 110 Å². The molecule has 0 unspecified atom stereocenters. The molecule has 0 aromatic carbocycles. The van der Waals surface area contributed by atoms with Crippen LogP contribution in [0, 0.1) is 11.3 Å². The van der Waals surface area contributed by atoms with Crippen LogP contribution in [0.4, 0.5) is 0 Å². The Balaban J connectivity index is 2.88. The summed E-state index contributed by atoms with van der Waals surface area (Å²) in [5, 5.41) is 0. The predicted octanol–water partition coefficient (Wildman–Crippen LogP) is 2.34. The van der Waals surface area contributed by atoms with Crippen molar-refractivity contribution in [2.45, 2.75) is 53.0 Å². The van der Waals surface area contributed by atoms with Crippen molar-refractivity contribution in [3.8, 4) is 0 Å². The van der Waals surface area contributed by atoms with Crippen molar-refractivity contribution in [3.63, 3.8) is 0 Å². The van der Waals surface area contributed by atoms with Gasteiger partial charge in [-0.05, 0) is 39.0 Å². The summed E-state index contributed by atoms with van der Waals surface area (Å²) in [4.78, 5) is 14.9. The molecule has 3 nitrogen and oxygen atoms in total. The molecule has 0 atom stereocenters. The summed E-state index contributed by atoms with van der Waals surface area (Å²) in [5.41, 5.74) is 5.27. The second-order valence-electron chi connectivity index (χ2n) is 5.55. The van der Waals surface area contributed by atoms with Crippen LogP contribution in [0.3, 0.4) is 0 Å². The molecule has 1 rings (SSSR count). The lowest BCUT2D eigenvalue weighted by Crippen LogP contribution is -2.58. The summed E-state index contributed by atoms with van der Waals surface area (Å²) < 4.78 is 0. The van der Waals surface area contributed by atoms with Gasteiger partial charge in [-0.3, -0.25) is 4.79 Å². The Kier molecular flexibility index (Phi) is 4.53. The largest absolute Gasteiger partial charge is 0.392 e. The molecule has 1 aliphatic rings. The van der Waals surface area contributed by atoms with E-state index >= 15 is 0 Å². The van der Waals surface area contributed by atoms with Crippen molar-refractivity contribution in [2.24, 2.45) is 17.1 Å². The minimum Gasteiger partial charge on any atom is -0.392 e. The molecule has 1 amide bonds. The van der Waals surface area contributed by atoms with E-state index in [0.29, 0.717) is 10.9 Å². The van der Waals surface area contributed by atoms with E-state index in [0.717, 1.165) is 25.8 Å². The van der Waals surface area contributed by atoms with Crippen molar-refractivity contribution < 1.29 is 4.79 Å². The number of carbonyl (C=O) groups is 1. The van der Waals surface area contributed by atoms with Crippen LogP contribution in [0.5, 0.6) is 0 Å². The molecule has 0 aromatic heterocycles. The van der Waals surface area contributed by atoms with Gasteiger partial charge < -0.3 is 10.6 Å². The zero-order chi connectivity index (χ0) is 13.2. The number of thiocarbonyl (C=S) groups is 1. The molecule has 1 fully saturated rings. The Morgan fingerprint density at radius 3 is 2.35 bits per heavy atom. The van der Waals surface area contributed by atoms with E-state index in [1.165, 1.54) is 0 Å². The van der Waals surface area contributed by atoms with Gasteiger partial charge in [-0.25, -0.2) is 0 Å². The molecular weight excluding hydrogens is 232 g/mol. The molecule has 0 heterocycles. The van der Waals surface area contributed by atoms with Gasteiger partial charge in [0.2, 0.25) is 5.91 Å². The molecule has 0 aliphatic heterocycles. The molecule has 1 aliphatic carbocycles. The maximum atomic E-state index is 12.6. The van der Waals surface area contributed by atoms with Crippen LogP contribution in [0.1, 0.15) is 47.0 Å². The smallest absolute Gasteiger partial charge is 0.235 e. The molecule has 0 bridgehead atoms. The highest BCUT2D eigenvalue weighted by molar-refractivity contribution is 7.80. The van der Waals surface area contributed by atoms with Gasteiger partial charge in [-0.1, -0.05) is 26.1 Å². The number of hydrogen-bond donors (Lipinski definition) is 1. The number of nitrogens with two attached hydrogens (primary N) is 1. The number of nitrogens with zero attached hydrogens (tertiary/aromatic N) is 1. The Bertz CT molecular complexity index is 309. The molecule has 4 heteroatoms. The fraction of sp³-hybridized carbons (Fsp3) is 0.846. The van der Waals surface area contributed by atoms with E-state index in [9.17, 15) is 4.79 Å². The molecule has 17 heavy (non-hydrogen) atoms. The zero-order valence-electron chi connectivity index (χ0n) is 11.3. The fourth-order valence-electron chi connectivity index (χ4n) is 2.72. The second kappa shape index (κ2) is 5.34. The van der Waals surface area contributed by atoms with E-state index in [-0.39, 0.29) is 11.9 Å². The monoisotopic (exact) mass is 256 g/mol. The lowest BCUT2D eigenvalue weighted by Gasteiger charge is -2.47. The lowest BCUT2D eigenvalue weighted by atomic mass is 9.61. The first-order valence-electron chi connectivity index (χ1n) is 6.46. The standard InChI is InChI=1S/C13H24N2OS/c1-5-6-15(9(2)3)12(16)13(11(14)17)7-10(4)8-13/h9-10H,5-8H2,1-4H3,(H2,14,17). The van der Waals surface area contributed by atoms with Crippen LogP contribution in [-0.4, -0.2) is 28.4 Å². The normalized spacial score (nSPS) is 27.7. The topological polar surface area (TPSA) is 46.3 Å². The number of hydrogen-bond acceptors (Lipinski definition) is 2. The van der Waals surface area contributed by atoms with Gasteiger partial charge in [0.1, 0.15) is 0 Å². The third-order valence-electron chi connectivity index (χ3n) is 3.62. The molecule has 0 spiro atoms. The first-order chi connectivity index (χ1) is 7.85. The Morgan fingerprint density at radius 1 is 1.53 bits per heavy atom. The zero-order valence-corrected chi connectivity index (χ0v) is 12.1. The van der Waals surface area contributed by atoms with Crippen LogP contribution >= 0.6 is 12.2 Å². The van der Waals surface area contributed by atoms with Crippen molar-refractivity contribution in [3.05, 3.63) is 0 Å². The highest BCUT2D eigenvalue weighted by atomic mass is 32.1. The molecule has 2 N–H and O–H groups in total. The third-order valence-corrected chi connectivity index (χ3v) is 4.01. The summed E-state index contributed by atoms with van der Waals surface area (Å²) >= 11 is 5.13. The molecule has 1 saturated carbocycles. The van der Waals surface area contributed by atoms with E-state index in [1.54, 1.807) is 0 Å². The van der Waals surface area contributed by atoms with Crippen LogP contribution in [-0.2, 0) is 4.79 Å². The minimum atomic E-state index is -0.547. The molecule has 0 saturated heterocycles. The summed E-state index contributed by atoms with van der Waals surface area (Å²) in [6.45, 7) is 9.10. The average Bonchev–Trinajstić information content (AvgIpc) is 2.19. The van der Waals surface area contributed by atoms with Crippen LogP contribution < -0.4 is 5.73 Å². The van der Waals surface area contributed by atoms with Gasteiger partial charge in [-0.15, -0.1) is 0 Å². The van der Waals surface area contributed by atoms with Gasteiger partial charge in [-0.2, -0.15) is 0 Å². The van der Waals surface area contributed by atoms with Crippen molar-refractivity contribution >= 4 is 23.1 Å². The fourth-order valence-corrected chi connectivity index (χ4v) is 2.98. The summed E-state index contributed by atoms with van der Waals surface area (Å²) in [5.74, 6) is 0.691. The Hall–Kier alpha value is -0.640. The van der Waals surface area contributed by atoms with Crippen molar-refractivity contribution in [2.75, 3.05) is 6.54 Å². The predicted molar refractivity (Wildman–Crippen MR) is 74.8 cm³/mol. The summed E-state index contributed by atoms with van der Waals surface area (Å²) in [6.07, 6.45) is 2.59. The summed E-state index contributed by atoms with van der Waals surface area (Å²) in [6, 6.07) is 0.213. The van der Waals surface area contributed by atoms with Gasteiger partial charge in [0, 0.05) is 12.6 Å². The quantitative estimate of drug-likeness (QED) is 0.768. The molecular formula is C13H24N2OS.